The van der Waals surface area contributed by atoms with Crippen molar-refractivity contribution in [1.82, 2.24) is 0 Å². The highest BCUT2D eigenvalue weighted by Crippen LogP contribution is 2.20. The number of aldehydes is 1. The molecule has 1 heterocycles. The molecule has 0 amide bonds. The fraction of sp³-hybridized carbons (Fsp3) is 0.385. The van der Waals surface area contributed by atoms with Crippen LogP contribution in [-0.2, 0) is 4.74 Å². The zero-order chi connectivity index (χ0) is 12.1. The zero-order valence-electron chi connectivity index (χ0n) is 9.39. The van der Waals surface area contributed by atoms with Crippen molar-refractivity contribution in [2.75, 3.05) is 13.2 Å². The predicted molar refractivity (Wildman–Crippen MR) is 61.0 cm³/mol. The summed E-state index contributed by atoms with van der Waals surface area (Å²) in [5.41, 5.74) is 0.860. The van der Waals surface area contributed by atoms with E-state index in [4.69, 9.17) is 14.7 Å². The molecule has 0 N–H and O–H groups in total. The molecule has 0 spiro atoms. The van der Waals surface area contributed by atoms with E-state index in [1.165, 1.54) is 6.07 Å². The topological polar surface area (TPSA) is 59.3 Å². The summed E-state index contributed by atoms with van der Waals surface area (Å²) in [7, 11) is 0. The maximum absolute atomic E-state index is 10.6. The van der Waals surface area contributed by atoms with E-state index in [9.17, 15) is 4.79 Å². The van der Waals surface area contributed by atoms with E-state index in [0.717, 1.165) is 19.4 Å². The predicted octanol–water partition coefficient (Wildman–Crippen LogP) is 1.93. The minimum Gasteiger partial charge on any atom is -0.489 e. The summed E-state index contributed by atoms with van der Waals surface area (Å²) in [4.78, 5) is 10.6. The van der Waals surface area contributed by atoms with Gasteiger partial charge in [-0.05, 0) is 31.0 Å². The first-order valence-electron chi connectivity index (χ1n) is 5.57. The lowest BCUT2D eigenvalue weighted by atomic mass is 10.1. The molecule has 0 unspecified atom stereocenters. The highest BCUT2D eigenvalue weighted by molar-refractivity contribution is 5.76. The Bertz CT molecular complexity index is 444. The van der Waals surface area contributed by atoms with E-state index < -0.39 is 0 Å². The number of rotatable bonds is 4. The van der Waals surface area contributed by atoms with Crippen molar-refractivity contribution in [1.29, 1.82) is 5.26 Å². The maximum Gasteiger partial charge on any atom is 0.150 e. The summed E-state index contributed by atoms with van der Waals surface area (Å²) in [6.45, 7) is 1.23. The molecule has 0 aromatic heterocycles. The molecule has 1 aliphatic heterocycles. The molecule has 2 rings (SSSR count). The Morgan fingerprint density at radius 1 is 1.59 bits per heavy atom. The normalized spacial score (nSPS) is 18.6. The first kappa shape index (κ1) is 11.6. The fourth-order valence-electron chi connectivity index (χ4n) is 1.79. The monoisotopic (exact) mass is 231 g/mol. The lowest BCUT2D eigenvalue weighted by molar-refractivity contribution is 0.0678. The van der Waals surface area contributed by atoms with Gasteiger partial charge in [0.05, 0.1) is 11.7 Å². The molecule has 0 aliphatic carbocycles. The third-order valence-corrected chi connectivity index (χ3v) is 2.71. The first-order valence-corrected chi connectivity index (χ1v) is 5.57. The van der Waals surface area contributed by atoms with E-state index in [0.29, 0.717) is 29.8 Å². The summed E-state index contributed by atoms with van der Waals surface area (Å²) >= 11 is 0. The third-order valence-electron chi connectivity index (χ3n) is 2.71. The molecular weight excluding hydrogens is 218 g/mol. The van der Waals surface area contributed by atoms with E-state index in [2.05, 4.69) is 0 Å². The number of benzene rings is 1. The molecule has 17 heavy (non-hydrogen) atoms. The number of carbonyl (C=O) groups excluding carboxylic acids is 1. The van der Waals surface area contributed by atoms with Gasteiger partial charge in [-0.25, -0.2) is 0 Å². The molecule has 1 saturated heterocycles. The molecule has 1 aromatic carbocycles. The van der Waals surface area contributed by atoms with Gasteiger partial charge in [-0.2, -0.15) is 5.26 Å². The number of nitrogens with zero attached hydrogens (tertiary/aromatic N) is 1. The van der Waals surface area contributed by atoms with Gasteiger partial charge in [0.2, 0.25) is 0 Å². The van der Waals surface area contributed by atoms with Crippen LogP contribution in [0, 0.1) is 11.3 Å². The van der Waals surface area contributed by atoms with Crippen molar-refractivity contribution in [2.45, 2.75) is 18.9 Å². The Hall–Kier alpha value is -1.86. The molecular formula is C13H13NO3. The van der Waals surface area contributed by atoms with Crippen LogP contribution in [0.1, 0.15) is 28.8 Å². The average Bonchev–Trinajstić information content (AvgIpc) is 2.89. The van der Waals surface area contributed by atoms with Crippen molar-refractivity contribution < 1.29 is 14.3 Å². The van der Waals surface area contributed by atoms with Crippen LogP contribution in [0.4, 0.5) is 0 Å². The Kier molecular flexibility index (Phi) is 3.73. The van der Waals surface area contributed by atoms with Gasteiger partial charge in [-0.3, -0.25) is 4.79 Å². The van der Waals surface area contributed by atoms with Gasteiger partial charge in [-0.15, -0.1) is 0 Å². The van der Waals surface area contributed by atoms with Gasteiger partial charge in [-0.1, -0.05) is 0 Å². The van der Waals surface area contributed by atoms with Crippen LogP contribution in [0.3, 0.4) is 0 Å². The highest BCUT2D eigenvalue weighted by Gasteiger charge is 2.16. The molecule has 88 valence electrons. The summed E-state index contributed by atoms with van der Waals surface area (Å²) in [6.07, 6.45) is 2.88. The molecule has 1 atom stereocenters. The molecule has 0 saturated carbocycles. The number of hydrogen-bond donors (Lipinski definition) is 0. The molecule has 1 fully saturated rings. The van der Waals surface area contributed by atoms with E-state index in [-0.39, 0.29) is 6.10 Å². The van der Waals surface area contributed by atoms with Crippen LogP contribution in [0.25, 0.3) is 0 Å². The maximum atomic E-state index is 10.6. The van der Waals surface area contributed by atoms with Crippen molar-refractivity contribution in [3.63, 3.8) is 0 Å². The quantitative estimate of drug-likeness (QED) is 0.743. The minimum absolute atomic E-state index is 0.118. The van der Waals surface area contributed by atoms with Gasteiger partial charge in [0.25, 0.3) is 0 Å². The molecule has 4 nitrogen and oxygen atoms in total. The molecule has 1 aliphatic rings. The van der Waals surface area contributed by atoms with Crippen LogP contribution in [0.5, 0.6) is 5.75 Å². The molecule has 0 bridgehead atoms. The summed E-state index contributed by atoms with van der Waals surface area (Å²) in [5, 5.41) is 8.95. The van der Waals surface area contributed by atoms with Crippen molar-refractivity contribution >= 4 is 6.29 Å². The zero-order valence-corrected chi connectivity index (χ0v) is 9.39. The standard InChI is InChI=1S/C13H13NO3/c14-7-11-6-10(8-15)3-4-13(11)17-9-12-2-1-5-16-12/h3-4,6,8,12H,1-2,5,9H2/t12-/m1/s1. The third kappa shape index (κ3) is 2.83. The summed E-state index contributed by atoms with van der Waals surface area (Å²) < 4.78 is 11.0. The van der Waals surface area contributed by atoms with Crippen molar-refractivity contribution in [3.8, 4) is 11.8 Å². The van der Waals surface area contributed by atoms with Crippen LogP contribution < -0.4 is 4.74 Å². The lowest BCUT2D eigenvalue weighted by Gasteiger charge is -2.12. The van der Waals surface area contributed by atoms with Crippen molar-refractivity contribution in [3.05, 3.63) is 29.3 Å². The lowest BCUT2D eigenvalue weighted by Crippen LogP contribution is -2.16. The highest BCUT2D eigenvalue weighted by atomic mass is 16.5. The molecule has 1 aromatic rings. The van der Waals surface area contributed by atoms with Crippen molar-refractivity contribution in [2.24, 2.45) is 0 Å². The second kappa shape index (κ2) is 5.46. The van der Waals surface area contributed by atoms with Gasteiger partial charge >= 0.3 is 0 Å². The fourth-order valence-corrected chi connectivity index (χ4v) is 1.79. The van der Waals surface area contributed by atoms with Gasteiger partial charge in [0.1, 0.15) is 24.7 Å². The second-order valence-electron chi connectivity index (χ2n) is 3.93. The SMILES string of the molecule is N#Cc1cc(C=O)ccc1OC[C@H]1CCCO1. The van der Waals surface area contributed by atoms with Gasteiger partial charge in [0.15, 0.2) is 0 Å². The molecule has 0 radical (unpaired) electrons. The van der Waals surface area contributed by atoms with Gasteiger partial charge in [0, 0.05) is 12.2 Å². The summed E-state index contributed by atoms with van der Waals surface area (Å²) in [6, 6.07) is 6.83. The minimum atomic E-state index is 0.118. The number of nitriles is 1. The van der Waals surface area contributed by atoms with Crippen LogP contribution >= 0.6 is 0 Å². The number of hydrogen-bond acceptors (Lipinski definition) is 4. The Balaban J connectivity index is 2.04. The average molecular weight is 231 g/mol. The Labute approximate surface area is 99.8 Å². The van der Waals surface area contributed by atoms with Crippen LogP contribution in [0.2, 0.25) is 0 Å². The van der Waals surface area contributed by atoms with Crippen LogP contribution in [0.15, 0.2) is 18.2 Å². The molecule has 4 heteroatoms. The summed E-state index contributed by atoms with van der Waals surface area (Å²) in [5.74, 6) is 0.508. The Morgan fingerprint density at radius 3 is 3.12 bits per heavy atom. The van der Waals surface area contributed by atoms with E-state index in [1.54, 1.807) is 12.1 Å². The number of ether oxygens (including phenoxy) is 2. The Morgan fingerprint density at radius 2 is 2.47 bits per heavy atom. The van der Waals surface area contributed by atoms with Gasteiger partial charge < -0.3 is 9.47 Å². The first-order chi connectivity index (χ1) is 8.33. The second-order valence-corrected chi connectivity index (χ2v) is 3.93. The van der Waals surface area contributed by atoms with E-state index >= 15 is 0 Å². The largest absolute Gasteiger partial charge is 0.489 e. The van der Waals surface area contributed by atoms with E-state index in [1.807, 2.05) is 6.07 Å². The number of carbonyl (C=O) groups is 1. The van der Waals surface area contributed by atoms with Crippen LogP contribution in [-0.4, -0.2) is 25.6 Å². The smallest absolute Gasteiger partial charge is 0.150 e.